The van der Waals surface area contributed by atoms with Gasteiger partial charge < -0.3 is 15.8 Å². The van der Waals surface area contributed by atoms with E-state index < -0.39 is 0 Å². The fourth-order valence-corrected chi connectivity index (χ4v) is 2.04. The molecule has 20 heavy (non-hydrogen) atoms. The zero-order valence-electron chi connectivity index (χ0n) is 12.4. The lowest BCUT2D eigenvalue weighted by Crippen LogP contribution is -2.35. The Morgan fingerprint density at radius 2 is 2.10 bits per heavy atom. The number of carbonyl (C=O) groups excluding carboxylic acids is 1. The van der Waals surface area contributed by atoms with Crippen molar-refractivity contribution in [3.05, 3.63) is 24.3 Å². The van der Waals surface area contributed by atoms with Gasteiger partial charge in [0.05, 0.1) is 19.3 Å². The van der Waals surface area contributed by atoms with E-state index in [-0.39, 0.29) is 5.91 Å². The van der Waals surface area contributed by atoms with Crippen LogP contribution in [0.15, 0.2) is 24.3 Å². The molecule has 0 radical (unpaired) electrons. The number of nitrogens with one attached hydrogen (secondary N) is 1. The summed E-state index contributed by atoms with van der Waals surface area (Å²) in [7, 11) is 1.59. The van der Waals surface area contributed by atoms with Crippen LogP contribution in [0.5, 0.6) is 5.75 Å². The van der Waals surface area contributed by atoms with E-state index >= 15 is 0 Å². The maximum Gasteiger partial charge on any atom is 0.238 e. The SMILES string of the molecule is CCCN(CCCN)CC(=O)Nc1ccccc1OC. The van der Waals surface area contributed by atoms with Gasteiger partial charge in [0.2, 0.25) is 5.91 Å². The first-order valence-electron chi connectivity index (χ1n) is 7.06. The molecule has 1 rings (SSSR count). The molecule has 5 nitrogen and oxygen atoms in total. The number of anilines is 1. The largest absolute Gasteiger partial charge is 0.495 e. The number of methoxy groups -OCH3 is 1. The van der Waals surface area contributed by atoms with Gasteiger partial charge in [-0.2, -0.15) is 0 Å². The highest BCUT2D eigenvalue weighted by Crippen LogP contribution is 2.22. The van der Waals surface area contributed by atoms with Crippen molar-refractivity contribution in [2.75, 3.05) is 38.6 Å². The number of hydrogen-bond donors (Lipinski definition) is 2. The van der Waals surface area contributed by atoms with Crippen molar-refractivity contribution in [1.29, 1.82) is 0 Å². The molecule has 1 aromatic rings. The monoisotopic (exact) mass is 279 g/mol. The van der Waals surface area contributed by atoms with Gasteiger partial charge in [0.15, 0.2) is 0 Å². The third-order valence-electron chi connectivity index (χ3n) is 2.97. The van der Waals surface area contributed by atoms with E-state index in [4.69, 9.17) is 10.5 Å². The minimum atomic E-state index is -0.0278. The summed E-state index contributed by atoms with van der Waals surface area (Å²) < 4.78 is 5.22. The summed E-state index contributed by atoms with van der Waals surface area (Å²) in [5, 5.41) is 2.89. The molecular formula is C15H25N3O2. The smallest absolute Gasteiger partial charge is 0.238 e. The lowest BCUT2D eigenvalue weighted by atomic mass is 10.3. The number of benzene rings is 1. The normalized spacial score (nSPS) is 10.6. The third kappa shape index (κ3) is 5.59. The third-order valence-corrected chi connectivity index (χ3v) is 2.97. The van der Waals surface area contributed by atoms with E-state index in [0.717, 1.165) is 25.9 Å². The maximum atomic E-state index is 12.1. The van der Waals surface area contributed by atoms with Gasteiger partial charge in [-0.3, -0.25) is 9.69 Å². The quantitative estimate of drug-likeness (QED) is 0.722. The molecule has 0 heterocycles. The van der Waals surface area contributed by atoms with Crippen LogP contribution in [0, 0.1) is 0 Å². The number of rotatable bonds is 9. The molecule has 3 N–H and O–H groups in total. The Balaban J connectivity index is 2.56. The predicted octanol–water partition coefficient (Wildman–Crippen LogP) is 1.69. The molecule has 112 valence electrons. The van der Waals surface area contributed by atoms with Crippen molar-refractivity contribution in [2.45, 2.75) is 19.8 Å². The van der Waals surface area contributed by atoms with E-state index in [1.165, 1.54) is 0 Å². The second-order valence-electron chi connectivity index (χ2n) is 4.67. The Morgan fingerprint density at radius 3 is 2.75 bits per heavy atom. The van der Waals surface area contributed by atoms with Crippen LogP contribution < -0.4 is 15.8 Å². The van der Waals surface area contributed by atoms with Crippen LogP contribution in [-0.2, 0) is 4.79 Å². The summed E-state index contributed by atoms with van der Waals surface area (Å²) in [6, 6.07) is 7.41. The highest BCUT2D eigenvalue weighted by Gasteiger charge is 2.11. The lowest BCUT2D eigenvalue weighted by Gasteiger charge is -2.21. The summed E-state index contributed by atoms with van der Waals surface area (Å²) in [6.45, 7) is 4.89. The fourth-order valence-electron chi connectivity index (χ4n) is 2.04. The molecule has 1 amide bonds. The van der Waals surface area contributed by atoms with E-state index in [2.05, 4.69) is 17.1 Å². The molecule has 0 atom stereocenters. The van der Waals surface area contributed by atoms with Gasteiger partial charge >= 0.3 is 0 Å². The molecule has 1 aromatic carbocycles. The number of amides is 1. The predicted molar refractivity (Wildman–Crippen MR) is 82.0 cm³/mol. The summed E-state index contributed by atoms with van der Waals surface area (Å²) in [5.41, 5.74) is 6.23. The van der Waals surface area contributed by atoms with Gasteiger partial charge in [-0.25, -0.2) is 0 Å². The van der Waals surface area contributed by atoms with Crippen LogP contribution in [0.3, 0.4) is 0 Å². The molecule has 0 unspecified atom stereocenters. The van der Waals surface area contributed by atoms with Crippen molar-refractivity contribution in [1.82, 2.24) is 4.90 Å². The highest BCUT2D eigenvalue weighted by molar-refractivity contribution is 5.93. The first-order chi connectivity index (χ1) is 9.71. The summed E-state index contributed by atoms with van der Waals surface area (Å²) in [4.78, 5) is 14.2. The number of ether oxygens (including phenoxy) is 1. The van der Waals surface area contributed by atoms with Gasteiger partial charge in [0.25, 0.3) is 0 Å². The number of para-hydroxylation sites is 2. The average Bonchev–Trinajstić information content (AvgIpc) is 2.45. The Kier molecular flexibility index (Phi) is 7.69. The zero-order valence-corrected chi connectivity index (χ0v) is 12.4. The van der Waals surface area contributed by atoms with Gasteiger partial charge in [-0.1, -0.05) is 19.1 Å². The molecule has 0 fully saturated rings. The molecule has 0 aliphatic carbocycles. The van der Waals surface area contributed by atoms with E-state index in [1.807, 2.05) is 24.3 Å². The van der Waals surface area contributed by atoms with Crippen molar-refractivity contribution < 1.29 is 9.53 Å². The van der Waals surface area contributed by atoms with E-state index in [9.17, 15) is 4.79 Å². The van der Waals surface area contributed by atoms with Gasteiger partial charge in [-0.15, -0.1) is 0 Å². The van der Waals surface area contributed by atoms with Gasteiger partial charge in [-0.05, 0) is 44.6 Å². The van der Waals surface area contributed by atoms with E-state index in [0.29, 0.717) is 24.5 Å². The maximum absolute atomic E-state index is 12.1. The summed E-state index contributed by atoms with van der Waals surface area (Å²) >= 11 is 0. The Hall–Kier alpha value is -1.59. The van der Waals surface area contributed by atoms with Crippen LogP contribution in [0.25, 0.3) is 0 Å². The van der Waals surface area contributed by atoms with Crippen LogP contribution in [-0.4, -0.2) is 44.1 Å². The Bertz CT molecular complexity index is 410. The van der Waals surface area contributed by atoms with Crippen LogP contribution in [0.1, 0.15) is 19.8 Å². The molecule has 5 heteroatoms. The van der Waals surface area contributed by atoms with Crippen LogP contribution in [0.2, 0.25) is 0 Å². The van der Waals surface area contributed by atoms with Crippen molar-refractivity contribution in [3.8, 4) is 5.75 Å². The van der Waals surface area contributed by atoms with Gasteiger partial charge in [0.1, 0.15) is 5.75 Å². The zero-order chi connectivity index (χ0) is 14.8. The summed E-state index contributed by atoms with van der Waals surface area (Å²) in [5.74, 6) is 0.643. The Morgan fingerprint density at radius 1 is 1.35 bits per heavy atom. The van der Waals surface area contributed by atoms with Crippen LogP contribution >= 0.6 is 0 Å². The number of nitrogens with two attached hydrogens (primary N) is 1. The Labute approximate surface area is 121 Å². The fraction of sp³-hybridized carbons (Fsp3) is 0.533. The highest BCUT2D eigenvalue weighted by atomic mass is 16.5. The number of carbonyl (C=O) groups is 1. The molecular weight excluding hydrogens is 254 g/mol. The molecule has 0 aliphatic rings. The molecule has 0 aromatic heterocycles. The van der Waals surface area contributed by atoms with E-state index in [1.54, 1.807) is 7.11 Å². The average molecular weight is 279 g/mol. The molecule has 0 spiro atoms. The molecule has 0 aliphatic heterocycles. The lowest BCUT2D eigenvalue weighted by molar-refractivity contribution is -0.117. The van der Waals surface area contributed by atoms with Crippen LogP contribution in [0.4, 0.5) is 5.69 Å². The number of hydrogen-bond acceptors (Lipinski definition) is 4. The summed E-state index contributed by atoms with van der Waals surface area (Å²) in [6.07, 6.45) is 1.93. The standard InChI is InChI=1S/C15H25N3O2/c1-3-10-18(11-6-9-16)12-15(19)17-13-7-4-5-8-14(13)20-2/h4-5,7-8H,3,6,9-12,16H2,1-2H3,(H,17,19). The second kappa shape index (κ2) is 9.34. The first-order valence-corrected chi connectivity index (χ1v) is 7.06. The minimum Gasteiger partial charge on any atom is -0.495 e. The topological polar surface area (TPSA) is 67.6 Å². The number of nitrogens with zero attached hydrogens (tertiary/aromatic N) is 1. The second-order valence-corrected chi connectivity index (χ2v) is 4.67. The first kappa shape index (κ1) is 16.5. The van der Waals surface area contributed by atoms with Crippen molar-refractivity contribution >= 4 is 11.6 Å². The molecule has 0 bridgehead atoms. The van der Waals surface area contributed by atoms with Crippen molar-refractivity contribution in [3.63, 3.8) is 0 Å². The van der Waals surface area contributed by atoms with Crippen molar-refractivity contribution in [2.24, 2.45) is 5.73 Å². The minimum absolute atomic E-state index is 0.0278. The molecule has 0 saturated heterocycles. The molecule has 0 saturated carbocycles. The van der Waals surface area contributed by atoms with Gasteiger partial charge in [0, 0.05) is 0 Å².